The Labute approximate surface area is 87.1 Å². The van der Waals surface area contributed by atoms with E-state index in [0.29, 0.717) is 5.56 Å². The molecule has 1 rings (SSSR count). The van der Waals surface area contributed by atoms with Crippen molar-refractivity contribution in [1.82, 2.24) is 4.98 Å². The Morgan fingerprint density at radius 2 is 2.14 bits per heavy atom. The second-order valence-corrected chi connectivity index (χ2v) is 4.74. The summed E-state index contributed by atoms with van der Waals surface area (Å²) >= 11 is 5.73. The van der Waals surface area contributed by atoms with Crippen LogP contribution in [0.2, 0.25) is 5.15 Å². The number of halogens is 2. The van der Waals surface area contributed by atoms with Gasteiger partial charge in [-0.1, -0.05) is 17.7 Å². The largest absolute Gasteiger partial charge is 0.302 e. The van der Waals surface area contributed by atoms with Gasteiger partial charge >= 0.3 is 10.2 Å². The molecule has 0 aromatic carbocycles. The average molecular weight is 238 g/mol. The molecule has 78 valence electrons. The Balaban J connectivity index is 2.78. The van der Waals surface area contributed by atoms with E-state index >= 15 is 0 Å². The normalized spacial score (nSPS) is 11.6. The molecular weight excluding hydrogens is 229 g/mol. The van der Waals surface area contributed by atoms with Crippen LogP contribution in [0.25, 0.3) is 0 Å². The van der Waals surface area contributed by atoms with Crippen LogP contribution in [0, 0.1) is 6.92 Å². The SMILES string of the molecule is Cc1ccc(CCS(=O)(=O)F)c(Cl)n1. The summed E-state index contributed by atoms with van der Waals surface area (Å²) < 4.78 is 32.7. The predicted octanol–water partition coefficient (Wildman–Crippen LogP) is 1.89. The van der Waals surface area contributed by atoms with Crippen LogP contribution in [-0.2, 0) is 16.6 Å². The minimum Gasteiger partial charge on any atom is -0.241 e. The average Bonchev–Trinajstić information content (AvgIpc) is 2.00. The molecule has 14 heavy (non-hydrogen) atoms. The molecule has 3 nitrogen and oxygen atoms in total. The van der Waals surface area contributed by atoms with Gasteiger partial charge in [-0.25, -0.2) is 4.98 Å². The number of aromatic nitrogens is 1. The summed E-state index contributed by atoms with van der Waals surface area (Å²) in [6.07, 6.45) is 0.0466. The second kappa shape index (κ2) is 4.23. The molecule has 0 spiro atoms. The van der Waals surface area contributed by atoms with E-state index in [9.17, 15) is 12.3 Å². The van der Waals surface area contributed by atoms with Crippen LogP contribution in [0.4, 0.5) is 3.89 Å². The summed E-state index contributed by atoms with van der Waals surface area (Å²) in [4.78, 5) is 3.92. The zero-order chi connectivity index (χ0) is 10.8. The Hall–Kier alpha value is -0.680. The Bertz CT molecular complexity index is 433. The lowest BCUT2D eigenvalue weighted by Crippen LogP contribution is -2.03. The zero-order valence-corrected chi connectivity index (χ0v) is 9.07. The van der Waals surface area contributed by atoms with Gasteiger partial charge in [-0.15, -0.1) is 3.89 Å². The van der Waals surface area contributed by atoms with Gasteiger partial charge in [0.2, 0.25) is 0 Å². The molecule has 1 heterocycles. The fourth-order valence-corrected chi connectivity index (χ4v) is 1.73. The molecule has 1 aromatic heterocycles. The fraction of sp³-hybridized carbons (Fsp3) is 0.375. The van der Waals surface area contributed by atoms with Crippen LogP contribution in [-0.4, -0.2) is 19.2 Å². The van der Waals surface area contributed by atoms with Crippen LogP contribution >= 0.6 is 11.6 Å². The third-order valence-electron chi connectivity index (χ3n) is 1.68. The van der Waals surface area contributed by atoms with Gasteiger partial charge in [0.05, 0.1) is 5.75 Å². The molecule has 0 bridgehead atoms. The van der Waals surface area contributed by atoms with E-state index in [4.69, 9.17) is 11.6 Å². The van der Waals surface area contributed by atoms with Gasteiger partial charge in [0, 0.05) is 5.69 Å². The first-order chi connectivity index (χ1) is 6.38. The Morgan fingerprint density at radius 3 is 2.64 bits per heavy atom. The minimum absolute atomic E-state index is 0.0466. The maximum absolute atomic E-state index is 12.2. The first-order valence-electron chi connectivity index (χ1n) is 3.93. The van der Waals surface area contributed by atoms with Crippen molar-refractivity contribution >= 4 is 21.8 Å². The smallest absolute Gasteiger partial charge is 0.241 e. The van der Waals surface area contributed by atoms with Crippen molar-refractivity contribution in [3.8, 4) is 0 Å². The van der Waals surface area contributed by atoms with E-state index in [1.54, 1.807) is 19.1 Å². The third kappa shape index (κ3) is 3.59. The van der Waals surface area contributed by atoms with Gasteiger partial charge in [0.15, 0.2) is 0 Å². The molecule has 1 aromatic rings. The lowest BCUT2D eigenvalue weighted by Gasteiger charge is -2.01. The van der Waals surface area contributed by atoms with Gasteiger partial charge in [0.25, 0.3) is 0 Å². The molecule has 0 N–H and O–H groups in total. The highest BCUT2D eigenvalue weighted by molar-refractivity contribution is 7.86. The maximum atomic E-state index is 12.2. The molecule has 0 aliphatic rings. The highest BCUT2D eigenvalue weighted by Crippen LogP contribution is 2.14. The summed E-state index contributed by atoms with van der Waals surface area (Å²) in [7, 11) is -4.44. The molecule has 0 atom stereocenters. The van der Waals surface area contributed by atoms with Crippen molar-refractivity contribution in [3.63, 3.8) is 0 Å². The number of pyridine rings is 1. The number of hydrogen-bond acceptors (Lipinski definition) is 3. The summed E-state index contributed by atoms with van der Waals surface area (Å²) in [5.74, 6) is -0.558. The van der Waals surface area contributed by atoms with Crippen LogP contribution < -0.4 is 0 Å². The molecular formula is C8H9ClFNO2S. The van der Waals surface area contributed by atoms with Crippen molar-refractivity contribution in [2.24, 2.45) is 0 Å². The van der Waals surface area contributed by atoms with Crippen LogP contribution in [0.5, 0.6) is 0 Å². The van der Waals surface area contributed by atoms with Crippen molar-refractivity contribution in [1.29, 1.82) is 0 Å². The predicted molar refractivity (Wildman–Crippen MR) is 52.6 cm³/mol. The van der Waals surface area contributed by atoms with Gasteiger partial charge < -0.3 is 0 Å². The van der Waals surface area contributed by atoms with Gasteiger partial charge in [-0.2, -0.15) is 8.42 Å². The van der Waals surface area contributed by atoms with Crippen molar-refractivity contribution < 1.29 is 12.3 Å². The maximum Gasteiger partial charge on any atom is 0.302 e. The molecule has 0 unspecified atom stereocenters. The summed E-state index contributed by atoms with van der Waals surface area (Å²) in [5.41, 5.74) is 1.28. The molecule has 0 saturated carbocycles. The van der Waals surface area contributed by atoms with E-state index in [2.05, 4.69) is 4.98 Å². The lowest BCUT2D eigenvalue weighted by atomic mass is 10.2. The molecule has 0 aliphatic carbocycles. The summed E-state index contributed by atoms with van der Waals surface area (Å²) in [5, 5.41) is 0.230. The molecule has 0 radical (unpaired) electrons. The fourth-order valence-electron chi connectivity index (χ4n) is 0.972. The molecule has 6 heteroatoms. The van der Waals surface area contributed by atoms with Crippen molar-refractivity contribution in [3.05, 3.63) is 28.5 Å². The van der Waals surface area contributed by atoms with E-state index in [1.807, 2.05) is 0 Å². The Morgan fingerprint density at radius 1 is 1.50 bits per heavy atom. The summed E-state index contributed by atoms with van der Waals surface area (Å²) in [6.45, 7) is 1.77. The highest BCUT2D eigenvalue weighted by atomic mass is 35.5. The van der Waals surface area contributed by atoms with E-state index in [0.717, 1.165) is 5.69 Å². The second-order valence-electron chi connectivity index (χ2n) is 2.90. The van der Waals surface area contributed by atoms with Crippen LogP contribution in [0.15, 0.2) is 12.1 Å². The first-order valence-corrected chi connectivity index (χ1v) is 5.86. The van der Waals surface area contributed by atoms with Crippen molar-refractivity contribution in [2.75, 3.05) is 5.75 Å². The van der Waals surface area contributed by atoms with Gasteiger partial charge in [0.1, 0.15) is 5.15 Å². The minimum atomic E-state index is -4.44. The molecule has 0 saturated heterocycles. The van der Waals surface area contributed by atoms with Crippen LogP contribution in [0.1, 0.15) is 11.3 Å². The van der Waals surface area contributed by atoms with Crippen LogP contribution in [0.3, 0.4) is 0 Å². The number of nitrogens with zero attached hydrogens (tertiary/aromatic N) is 1. The topological polar surface area (TPSA) is 47.0 Å². The van der Waals surface area contributed by atoms with Gasteiger partial charge in [-0.05, 0) is 25.0 Å². The lowest BCUT2D eigenvalue weighted by molar-refractivity contribution is 0.551. The quantitative estimate of drug-likeness (QED) is 0.596. The van der Waals surface area contributed by atoms with Crippen molar-refractivity contribution in [2.45, 2.75) is 13.3 Å². The third-order valence-corrected chi connectivity index (χ3v) is 2.70. The van der Waals surface area contributed by atoms with E-state index in [-0.39, 0.29) is 11.6 Å². The van der Waals surface area contributed by atoms with E-state index < -0.39 is 16.0 Å². The number of hydrogen-bond donors (Lipinski definition) is 0. The Kier molecular flexibility index (Phi) is 3.44. The monoisotopic (exact) mass is 237 g/mol. The molecule has 0 amide bonds. The highest BCUT2D eigenvalue weighted by Gasteiger charge is 2.09. The van der Waals surface area contributed by atoms with E-state index in [1.165, 1.54) is 0 Å². The standard InChI is InChI=1S/C8H9ClFNO2S/c1-6-2-3-7(8(9)11-6)4-5-14(10,12)13/h2-3H,4-5H2,1H3. The molecule has 0 aliphatic heterocycles. The summed E-state index contributed by atoms with van der Waals surface area (Å²) in [6, 6.07) is 3.35. The first kappa shape index (κ1) is 11.4. The van der Waals surface area contributed by atoms with Gasteiger partial charge in [-0.3, -0.25) is 0 Å². The number of rotatable bonds is 3. The molecule has 0 fully saturated rings. The number of aryl methyl sites for hydroxylation is 2. The zero-order valence-electron chi connectivity index (χ0n) is 7.50.